The molecule has 0 aromatic heterocycles. The molecule has 0 saturated carbocycles. The summed E-state index contributed by atoms with van der Waals surface area (Å²) in [5, 5.41) is 2.87. The molecular weight excluding hydrogens is 332 g/mol. The number of amides is 2. The van der Waals surface area contributed by atoms with E-state index >= 15 is 0 Å². The molecule has 2 amide bonds. The molecule has 0 spiro atoms. The molecule has 1 aromatic carbocycles. The average Bonchev–Trinajstić information content (AvgIpc) is 2.37. The van der Waals surface area contributed by atoms with Crippen molar-refractivity contribution in [2.24, 2.45) is 5.92 Å². The number of likely N-dealkylation sites (tertiary alicyclic amines) is 1. The highest BCUT2D eigenvalue weighted by Crippen LogP contribution is 2.15. The van der Waals surface area contributed by atoms with E-state index in [1.807, 2.05) is 12.1 Å². The summed E-state index contributed by atoms with van der Waals surface area (Å²) in [6.45, 7) is 1.93. The minimum absolute atomic E-state index is 0.0258. The maximum absolute atomic E-state index is 11.8. The topological polar surface area (TPSA) is 49.4 Å². The number of hydrogen-bond donors (Lipinski definition) is 1. The molecule has 1 aromatic rings. The number of rotatable bonds is 4. The third-order valence-corrected chi connectivity index (χ3v) is 3.84. The third kappa shape index (κ3) is 3.70. The first-order valence-electron chi connectivity index (χ1n) is 5.97. The Morgan fingerprint density at radius 3 is 2.53 bits per heavy atom. The van der Waals surface area contributed by atoms with Crippen LogP contribution in [0.3, 0.4) is 0 Å². The summed E-state index contributed by atoms with van der Waals surface area (Å²) in [5.41, 5.74) is 0.635. The summed E-state index contributed by atoms with van der Waals surface area (Å²) < 4.78 is 0.943. The number of hydrogen-bond acceptors (Lipinski definition) is 2. The Balaban J connectivity index is 1.74. The van der Waals surface area contributed by atoms with E-state index in [9.17, 15) is 9.59 Å². The molecule has 2 rings (SSSR count). The lowest BCUT2D eigenvalue weighted by Crippen LogP contribution is -2.54. The van der Waals surface area contributed by atoms with Crippen LogP contribution in [0.4, 0.5) is 0 Å². The van der Waals surface area contributed by atoms with Gasteiger partial charge in [-0.25, -0.2) is 0 Å². The molecule has 102 valence electrons. The molecule has 6 heteroatoms. The monoisotopic (exact) mass is 344 g/mol. The predicted octanol–water partition coefficient (Wildman–Crippen LogP) is 1.88. The standard InChI is InChI=1S/C13H14BrClN2O2/c14-11-3-1-10(2-4-11)13(19)16-6-9-7-17(8-9)12(18)5-15/h1-4,9H,5-8H2,(H,16,19). The fourth-order valence-corrected chi connectivity index (χ4v) is 2.36. The minimum atomic E-state index is -0.0883. The van der Waals surface area contributed by atoms with Crippen LogP contribution in [0.2, 0.25) is 0 Å². The van der Waals surface area contributed by atoms with Crippen molar-refractivity contribution in [1.29, 1.82) is 0 Å². The first-order valence-corrected chi connectivity index (χ1v) is 7.30. The van der Waals surface area contributed by atoms with E-state index in [1.165, 1.54) is 0 Å². The van der Waals surface area contributed by atoms with Crippen molar-refractivity contribution in [2.45, 2.75) is 0 Å². The Labute approximate surface area is 125 Å². The van der Waals surface area contributed by atoms with Crippen molar-refractivity contribution in [2.75, 3.05) is 25.5 Å². The molecule has 1 fully saturated rings. The Morgan fingerprint density at radius 1 is 1.32 bits per heavy atom. The van der Waals surface area contributed by atoms with Gasteiger partial charge in [-0.1, -0.05) is 15.9 Å². The lowest BCUT2D eigenvalue weighted by Gasteiger charge is -2.39. The van der Waals surface area contributed by atoms with Gasteiger partial charge in [-0.2, -0.15) is 0 Å². The average molecular weight is 346 g/mol. The molecule has 19 heavy (non-hydrogen) atoms. The van der Waals surface area contributed by atoms with Gasteiger partial charge in [0, 0.05) is 35.6 Å². The van der Waals surface area contributed by atoms with E-state index in [-0.39, 0.29) is 17.7 Å². The second-order valence-electron chi connectivity index (χ2n) is 4.52. The van der Waals surface area contributed by atoms with Crippen LogP contribution in [0.5, 0.6) is 0 Å². The fourth-order valence-electron chi connectivity index (χ4n) is 1.93. The van der Waals surface area contributed by atoms with Gasteiger partial charge < -0.3 is 10.2 Å². The number of nitrogens with one attached hydrogen (secondary N) is 1. The summed E-state index contributed by atoms with van der Waals surface area (Å²) >= 11 is 8.79. The second-order valence-corrected chi connectivity index (χ2v) is 5.70. The maximum Gasteiger partial charge on any atom is 0.251 e. The van der Waals surface area contributed by atoms with E-state index in [0.29, 0.717) is 31.1 Å². The van der Waals surface area contributed by atoms with E-state index in [0.717, 1.165) is 4.47 Å². The lowest BCUT2D eigenvalue weighted by molar-refractivity contribution is -0.134. The summed E-state index contributed by atoms with van der Waals surface area (Å²) in [5.74, 6) is 0.219. The van der Waals surface area contributed by atoms with Crippen LogP contribution >= 0.6 is 27.5 Å². The van der Waals surface area contributed by atoms with Gasteiger partial charge in [0.2, 0.25) is 5.91 Å². The molecule has 0 bridgehead atoms. The van der Waals surface area contributed by atoms with Crippen LogP contribution in [0.15, 0.2) is 28.7 Å². The van der Waals surface area contributed by atoms with E-state index in [1.54, 1.807) is 17.0 Å². The second kappa shape index (κ2) is 6.39. The Bertz CT molecular complexity index is 472. The summed E-state index contributed by atoms with van der Waals surface area (Å²) in [6, 6.07) is 7.20. The van der Waals surface area contributed by atoms with E-state index < -0.39 is 0 Å². The van der Waals surface area contributed by atoms with Crippen molar-refractivity contribution in [3.05, 3.63) is 34.3 Å². The number of nitrogens with zero attached hydrogens (tertiary/aromatic N) is 1. The smallest absolute Gasteiger partial charge is 0.251 e. The molecular formula is C13H14BrClN2O2. The molecule has 4 nitrogen and oxygen atoms in total. The summed E-state index contributed by atoms with van der Waals surface area (Å²) in [7, 11) is 0. The molecule has 0 atom stereocenters. The van der Waals surface area contributed by atoms with Gasteiger partial charge in [0.05, 0.1) is 0 Å². The van der Waals surface area contributed by atoms with Crippen molar-refractivity contribution in [3.63, 3.8) is 0 Å². The number of alkyl halides is 1. The SMILES string of the molecule is O=C(NCC1CN(C(=O)CCl)C1)c1ccc(Br)cc1. The van der Waals surface area contributed by atoms with Crippen molar-refractivity contribution in [3.8, 4) is 0 Å². The molecule has 1 saturated heterocycles. The summed E-state index contributed by atoms with van der Waals surface area (Å²) in [4.78, 5) is 24.8. The zero-order valence-electron chi connectivity index (χ0n) is 10.2. The molecule has 0 unspecified atom stereocenters. The Morgan fingerprint density at radius 2 is 1.95 bits per heavy atom. The number of halogens is 2. The zero-order chi connectivity index (χ0) is 13.8. The first-order chi connectivity index (χ1) is 9.10. The molecule has 1 N–H and O–H groups in total. The van der Waals surface area contributed by atoms with Crippen LogP contribution in [-0.2, 0) is 4.79 Å². The minimum Gasteiger partial charge on any atom is -0.352 e. The van der Waals surface area contributed by atoms with Gasteiger partial charge in [0.15, 0.2) is 0 Å². The molecule has 1 aliphatic rings. The fraction of sp³-hybridized carbons (Fsp3) is 0.385. The van der Waals surface area contributed by atoms with Crippen LogP contribution in [0.1, 0.15) is 10.4 Å². The number of benzene rings is 1. The maximum atomic E-state index is 11.8. The molecule has 0 radical (unpaired) electrons. The Kier molecular flexibility index (Phi) is 4.82. The highest BCUT2D eigenvalue weighted by molar-refractivity contribution is 9.10. The number of carbonyl (C=O) groups is 2. The Hall–Kier alpha value is -1.07. The van der Waals surface area contributed by atoms with Gasteiger partial charge in [0.1, 0.15) is 5.88 Å². The lowest BCUT2D eigenvalue weighted by atomic mass is 10.00. The van der Waals surface area contributed by atoms with Crippen LogP contribution in [0, 0.1) is 5.92 Å². The van der Waals surface area contributed by atoms with Gasteiger partial charge in [-0.05, 0) is 24.3 Å². The highest BCUT2D eigenvalue weighted by atomic mass is 79.9. The van der Waals surface area contributed by atoms with Crippen molar-refractivity contribution in [1.82, 2.24) is 10.2 Å². The molecule has 1 heterocycles. The van der Waals surface area contributed by atoms with Gasteiger partial charge in [-0.3, -0.25) is 9.59 Å². The van der Waals surface area contributed by atoms with E-state index in [2.05, 4.69) is 21.2 Å². The first kappa shape index (κ1) is 14.3. The quantitative estimate of drug-likeness (QED) is 0.847. The van der Waals surface area contributed by atoms with Crippen molar-refractivity contribution < 1.29 is 9.59 Å². The zero-order valence-corrected chi connectivity index (χ0v) is 12.6. The van der Waals surface area contributed by atoms with Crippen LogP contribution < -0.4 is 5.32 Å². The van der Waals surface area contributed by atoms with Crippen molar-refractivity contribution >= 4 is 39.3 Å². The molecule has 1 aliphatic heterocycles. The van der Waals surface area contributed by atoms with Gasteiger partial charge in [-0.15, -0.1) is 11.6 Å². The van der Waals surface area contributed by atoms with Crippen LogP contribution in [-0.4, -0.2) is 42.2 Å². The van der Waals surface area contributed by atoms with Gasteiger partial charge >= 0.3 is 0 Å². The van der Waals surface area contributed by atoms with E-state index in [4.69, 9.17) is 11.6 Å². The molecule has 0 aliphatic carbocycles. The normalized spacial score (nSPS) is 14.9. The predicted molar refractivity (Wildman–Crippen MR) is 77.3 cm³/mol. The van der Waals surface area contributed by atoms with Crippen LogP contribution in [0.25, 0.3) is 0 Å². The van der Waals surface area contributed by atoms with Gasteiger partial charge in [0.25, 0.3) is 5.91 Å². The third-order valence-electron chi connectivity index (χ3n) is 3.08. The highest BCUT2D eigenvalue weighted by Gasteiger charge is 2.29. The number of carbonyl (C=O) groups excluding carboxylic acids is 2. The largest absolute Gasteiger partial charge is 0.352 e. The summed E-state index contributed by atoms with van der Waals surface area (Å²) in [6.07, 6.45) is 0.